The van der Waals surface area contributed by atoms with Gasteiger partial charge in [0, 0.05) is 0 Å². The van der Waals surface area contributed by atoms with Crippen LogP contribution >= 0.6 is 15.9 Å². The number of H-pyrrole nitrogens is 1. The quantitative estimate of drug-likeness (QED) is 0.799. The number of halogens is 4. The Morgan fingerprint density at radius 1 is 1.31 bits per heavy atom. The van der Waals surface area contributed by atoms with Crippen LogP contribution in [0.2, 0.25) is 0 Å². The van der Waals surface area contributed by atoms with E-state index in [2.05, 4.69) is 30.9 Å². The molecule has 1 N–H and O–H groups in total. The van der Waals surface area contributed by atoms with Crippen molar-refractivity contribution < 1.29 is 13.2 Å². The van der Waals surface area contributed by atoms with Crippen LogP contribution in [-0.4, -0.2) is 19.9 Å². The summed E-state index contributed by atoms with van der Waals surface area (Å²) in [6.45, 7) is 0. The highest BCUT2D eigenvalue weighted by Crippen LogP contribution is 2.25. The van der Waals surface area contributed by atoms with Crippen molar-refractivity contribution in [1.29, 1.82) is 0 Å². The monoisotopic (exact) mass is 294 g/mol. The predicted octanol–water partition coefficient (Wildman–Crippen LogP) is 1.49. The lowest BCUT2D eigenvalue weighted by molar-refractivity contribution is -0.144. The number of hydrogen-bond donors (Lipinski definition) is 1. The Morgan fingerprint density at radius 3 is 2.62 bits per heavy atom. The maximum absolute atomic E-state index is 12.3. The SMILES string of the molecule is O=c1[nH]c(C(F)(F)F)nc2nc(Br)cnc12. The minimum Gasteiger partial charge on any atom is -0.301 e. The van der Waals surface area contributed by atoms with Crippen molar-refractivity contribution in [2.45, 2.75) is 6.18 Å². The number of aromatic amines is 1. The zero-order chi connectivity index (χ0) is 11.9. The van der Waals surface area contributed by atoms with Gasteiger partial charge in [-0.25, -0.2) is 15.0 Å². The molecule has 0 bridgehead atoms. The molecule has 84 valence electrons. The molecule has 0 aliphatic rings. The first-order valence-corrected chi connectivity index (χ1v) is 4.67. The summed E-state index contributed by atoms with van der Waals surface area (Å²) in [6, 6.07) is 0. The lowest BCUT2D eigenvalue weighted by Crippen LogP contribution is -2.20. The summed E-state index contributed by atoms with van der Waals surface area (Å²) in [5, 5.41) is 0. The molecule has 0 radical (unpaired) electrons. The third-order valence-electron chi connectivity index (χ3n) is 1.66. The van der Waals surface area contributed by atoms with Crippen LogP contribution in [0.25, 0.3) is 11.2 Å². The molecule has 0 aromatic carbocycles. The second-order valence-corrected chi connectivity index (χ2v) is 3.59. The van der Waals surface area contributed by atoms with Gasteiger partial charge in [-0.05, 0) is 15.9 Å². The van der Waals surface area contributed by atoms with Crippen molar-refractivity contribution in [2.24, 2.45) is 0 Å². The highest BCUT2D eigenvalue weighted by atomic mass is 79.9. The smallest absolute Gasteiger partial charge is 0.301 e. The van der Waals surface area contributed by atoms with E-state index in [0.29, 0.717) is 0 Å². The van der Waals surface area contributed by atoms with Crippen LogP contribution in [0.5, 0.6) is 0 Å². The molecule has 0 saturated carbocycles. The van der Waals surface area contributed by atoms with Gasteiger partial charge in [0.15, 0.2) is 11.2 Å². The van der Waals surface area contributed by atoms with Crippen LogP contribution in [0.15, 0.2) is 15.6 Å². The fourth-order valence-corrected chi connectivity index (χ4v) is 1.30. The minimum atomic E-state index is -4.72. The molecule has 2 heterocycles. The van der Waals surface area contributed by atoms with Gasteiger partial charge in [0.25, 0.3) is 5.56 Å². The summed E-state index contributed by atoms with van der Waals surface area (Å²) in [5.41, 5.74) is -1.57. The highest BCUT2D eigenvalue weighted by Gasteiger charge is 2.34. The second-order valence-electron chi connectivity index (χ2n) is 2.78. The van der Waals surface area contributed by atoms with Gasteiger partial charge in [0.05, 0.1) is 6.20 Å². The summed E-state index contributed by atoms with van der Waals surface area (Å²) < 4.78 is 37.1. The van der Waals surface area contributed by atoms with Crippen LogP contribution in [0.1, 0.15) is 5.82 Å². The second kappa shape index (κ2) is 3.51. The maximum atomic E-state index is 12.3. The van der Waals surface area contributed by atoms with E-state index in [1.807, 2.05) is 0 Å². The molecule has 0 fully saturated rings. The van der Waals surface area contributed by atoms with Crippen LogP contribution in [0.4, 0.5) is 13.2 Å². The average Bonchev–Trinajstić information content (AvgIpc) is 2.15. The standard InChI is InChI=1S/C7H2BrF3N4O/c8-2-1-12-3-4(13-2)14-6(7(9,10)11)15-5(3)16/h1H,(H,13,14,15,16). The van der Waals surface area contributed by atoms with Crippen LogP contribution in [0, 0.1) is 0 Å². The van der Waals surface area contributed by atoms with Gasteiger partial charge < -0.3 is 4.98 Å². The number of nitrogens with zero attached hydrogens (tertiary/aromatic N) is 3. The molecule has 0 amide bonds. The zero-order valence-electron chi connectivity index (χ0n) is 7.34. The molecule has 0 aliphatic carbocycles. The lowest BCUT2D eigenvalue weighted by atomic mass is 10.4. The Bertz CT molecular complexity index is 609. The minimum absolute atomic E-state index is 0.200. The van der Waals surface area contributed by atoms with Gasteiger partial charge in [0.1, 0.15) is 4.60 Å². The fraction of sp³-hybridized carbons (Fsp3) is 0.143. The van der Waals surface area contributed by atoms with Crippen molar-refractivity contribution >= 4 is 27.1 Å². The lowest BCUT2D eigenvalue weighted by Gasteiger charge is -2.05. The van der Waals surface area contributed by atoms with Gasteiger partial charge in [-0.1, -0.05) is 0 Å². The van der Waals surface area contributed by atoms with Crippen molar-refractivity contribution in [2.75, 3.05) is 0 Å². The Morgan fingerprint density at radius 2 is 2.00 bits per heavy atom. The van der Waals surface area contributed by atoms with Crippen LogP contribution in [0.3, 0.4) is 0 Å². The molecule has 0 unspecified atom stereocenters. The molecule has 0 spiro atoms. The fourth-order valence-electron chi connectivity index (χ4n) is 1.03. The summed E-state index contributed by atoms with van der Waals surface area (Å²) >= 11 is 2.92. The first-order valence-electron chi connectivity index (χ1n) is 3.87. The maximum Gasteiger partial charge on any atom is 0.449 e. The van der Waals surface area contributed by atoms with Gasteiger partial charge in [-0.2, -0.15) is 13.2 Å². The molecule has 0 saturated heterocycles. The number of nitrogens with one attached hydrogen (secondary N) is 1. The average molecular weight is 295 g/mol. The summed E-state index contributed by atoms with van der Waals surface area (Å²) in [7, 11) is 0. The zero-order valence-corrected chi connectivity index (χ0v) is 8.93. The molecular formula is C7H2BrF3N4O. The molecule has 5 nitrogen and oxygen atoms in total. The molecule has 0 aliphatic heterocycles. The molecule has 2 rings (SSSR count). The normalized spacial score (nSPS) is 12.0. The Kier molecular flexibility index (Phi) is 2.41. The van der Waals surface area contributed by atoms with E-state index in [0.717, 1.165) is 0 Å². The van der Waals surface area contributed by atoms with Crippen molar-refractivity contribution in [3.63, 3.8) is 0 Å². The van der Waals surface area contributed by atoms with Gasteiger partial charge in [-0.15, -0.1) is 0 Å². The topological polar surface area (TPSA) is 71.5 Å². The van der Waals surface area contributed by atoms with E-state index in [-0.39, 0.29) is 15.8 Å². The number of hydrogen-bond acceptors (Lipinski definition) is 4. The van der Waals surface area contributed by atoms with E-state index in [1.165, 1.54) is 6.20 Å². The molecule has 16 heavy (non-hydrogen) atoms. The molecule has 9 heteroatoms. The first-order chi connectivity index (χ1) is 7.38. The predicted molar refractivity (Wildman–Crippen MR) is 50.7 cm³/mol. The van der Waals surface area contributed by atoms with Gasteiger partial charge in [-0.3, -0.25) is 4.79 Å². The van der Waals surface area contributed by atoms with E-state index in [9.17, 15) is 18.0 Å². The Labute approximate surface area is 93.9 Å². The summed E-state index contributed by atoms with van der Waals surface area (Å²) in [6.07, 6.45) is -3.52. The molecule has 2 aromatic rings. The van der Waals surface area contributed by atoms with Gasteiger partial charge >= 0.3 is 6.18 Å². The summed E-state index contributed by atoms with van der Waals surface area (Å²) in [5.74, 6) is -1.39. The molecular weight excluding hydrogens is 293 g/mol. The van der Waals surface area contributed by atoms with E-state index in [1.54, 1.807) is 4.98 Å². The Hall–Kier alpha value is -1.51. The number of alkyl halides is 3. The van der Waals surface area contributed by atoms with Crippen molar-refractivity contribution in [1.82, 2.24) is 19.9 Å². The van der Waals surface area contributed by atoms with E-state index < -0.39 is 17.6 Å². The summed E-state index contributed by atoms with van der Waals surface area (Å²) in [4.78, 5) is 23.3. The van der Waals surface area contributed by atoms with Gasteiger partial charge in [0.2, 0.25) is 5.82 Å². The first kappa shape index (κ1) is 11.0. The molecule has 2 aromatic heterocycles. The number of rotatable bonds is 0. The largest absolute Gasteiger partial charge is 0.449 e. The van der Waals surface area contributed by atoms with Crippen molar-refractivity contribution in [3.05, 3.63) is 27.0 Å². The third kappa shape index (κ3) is 1.90. The van der Waals surface area contributed by atoms with Crippen LogP contribution in [-0.2, 0) is 6.18 Å². The molecule has 0 atom stereocenters. The van der Waals surface area contributed by atoms with E-state index >= 15 is 0 Å². The van der Waals surface area contributed by atoms with E-state index in [4.69, 9.17) is 0 Å². The highest BCUT2D eigenvalue weighted by molar-refractivity contribution is 9.10. The van der Waals surface area contributed by atoms with Crippen molar-refractivity contribution in [3.8, 4) is 0 Å². The number of aromatic nitrogens is 4. The Balaban J connectivity index is 2.80. The number of fused-ring (bicyclic) bond motifs is 1. The third-order valence-corrected chi connectivity index (χ3v) is 2.04. The van der Waals surface area contributed by atoms with Crippen LogP contribution < -0.4 is 5.56 Å².